The quantitative estimate of drug-likeness (QED) is 0.326. The molecule has 0 saturated carbocycles. The first-order chi connectivity index (χ1) is 5.04. The Kier molecular flexibility index (Phi) is 2.46. The highest BCUT2D eigenvalue weighted by atomic mass is 16.6. The summed E-state index contributed by atoms with van der Waals surface area (Å²) in [5.41, 5.74) is 0. The molecule has 0 amide bonds. The van der Waals surface area contributed by atoms with Crippen molar-refractivity contribution in [3.63, 3.8) is 0 Å². The van der Waals surface area contributed by atoms with Crippen LogP contribution in [0.3, 0.4) is 0 Å². The molecule has 1 heterocycles. The number of rotatable bonds is 0. The van der Waals surface area contributed by atoms with E-state index >= 15 is 0 Å². The van der Waals surface area contributed by atoms with E-state index in [-0.39, 0.29) is 0 Å². The van der Waals surface area contributed by atoms with Crippen LogP contribution in [0.25, 0.3) is 0 Å². The Hall–Kier alpha value is -0.200. The molecule has 0 bridgehead atoms. The maximum Gasteiger partial charge on any atom is 0.183 e. The summed E-state index contributed by atoms with van der Waals surface area (Å²) in [4.78, 5) is 0. The number of aliphatic hydroxyl groups excluding tert-OH is 4. The van der Waals surface area contributed by atoms with E-state index in [2.05, 4.69) is 4.74 Å². The summed E-state index contributed by atoms with van der Waals surface area (Å²) in [6, 6.07) is 0. The fourth-order valence-electron chi connectivity index (χ4n) is 1.03. The standard InChI is InChI=1S/C6H12O5/c1-2-3(7)4(8)5(9)6(10)11-2/h2-10H,1H3/t2?,3-,4?,5?,6+/m1/s1. The third kappa shape index (κ3) is 1.52. The normalized spacial score (nSPS) is 52.6. The second-order valence-corrected chi connectivity index (χ2v) is 2.70. The van der Waals surface area contributed by atoms with Crippen molar-refractivity contribution in [2.24, 2.45) is 0 Å². The Balaban J connectivity index is 2.63. The lowest BCUT2D eigenvalue weighted by atomic mass is 10.0. The number of aliphatic hydroxyl groups is 4. The van der Waals surface area contributed by atoms with Gasteiger partial charge in [0.05, 0.1) is 6.10 Å². The lowest BCUT2D eigenvalue weighted by Crippen LogP contribution is -2.56. The molecule has 1 aliphatic heterocycles. The zero-order valence-electron chi connectivity index (χ0n) is 6.08. The van der Waals surface area contributed by atoms with Gasteiger partial charge in [-0.1, -0.05) is 0 Å². The van der Waals surface area contributed by atoms with Gasteiger partial charge in [0.15, 0.2) is 6.29 Å². The van der Waals surface area contributed by atoms with Gasteiger partial charge >= 0.3 is 0 Å². The largest absolute Gasteiger partial charge is 0.388 e. The summed E-state index contributed by atoms with van der Waals surface area (Å²) in [6.07, 6.45) is -5.99. The van der Waals surface area contributed by atoms with Crippen LogP contribution in [0.1, 0.15) is 6.92 Å². The first kappa shape index (κ1) is 8.89. The van der Waals surface area contributed by atoms with E-state index < -0.39 is 30.7 Å². The van der Waals surface area contributed by atoms with Gasteiger partial charge in [-0.2, -0.15) is 0 Å². The van der Waals surface area contributed by atoms with Crippen molar-refractivity contribution in [2.75, 3.05) is 0 Å². The highest BCUT2D eigenvalue weighted by Gasteiger charge is 2.40. The Morgan fingerprint density at radius 2 is 1.45 bits per heavy atom. The van der Waals surface area contributed by atoms with Crippen LogP contribution in [0.15, 0.2) is 0 Å². The van der Waals surface area contributed by atoms with Gasteiger partial charge in [-0.05, 0) is 6.92 Å². The first-order valence-corrected chi connectivity index (χ1v) is 3.41. The summed E-state index contributed by atoms with van der Waals surface area (Å²) in [5, 5.41) is 36.0. The molecule has 0 aromatic rings. The van der Waals surface area contributed by atoms with Crippen LogP contribution in [0.5, 0.6) is 0 Å². The van der Waals surface area contributed by atoms with Crippen molar-refractivity contribution >= 4 is 0 Å². The van der Waals surface area contributed by atoms with Gasteiger partial charge in [-0.25, -0.2) is 0 Å². The van der Waals surface area contributed by atoms with Crippen LogP contribution in [0.2, 0.25) is 0 Å². The molecule has 11 heavy (non-hydrogen) atoms. The zero-order valence-corrected chi connectivity index (χ0v) is 6.08. The highest BCUT2D eigenvalue weighted by molar-refractivity contribution is 4.86. The third-order valence-corrected chi connectivity index (χ3v) is 1.83. The average molecular weight is 164 g/mol. The van der Waals surface area contributed by atoms with Crippen molar-refractivity contribution in [3.05, 3.63) is 0 Å². The van der Waals surface area contributed by atoms with Crippen molar-refractivity contribution in [1.82, 2.24) is 0 Å². The average Bonchev–Trinajstić information content (AvgIpc) is 1.97. The number of hydrogen-bond acceptors (Lipinski definition) is 5. The Morgan fingerprint density at radius 1 is 0.909 bits per heavy atom. The van der Waals surface area contributed by atoms with Crippen LogP contribution in [-0.2, 0) is 4.74 Å². The van der Waals surface area contributed by atoms with E-state index in [1.807, 2.05) is 0 Å². The zero-order chi connectivity index (χ0) is 8.59. The van der Waals surface area contributed by atoms with Crippen molar-refractivity contribution in [3.8, 4) is 0 Å². The van der Waals surface area contributed by atoms with Crippen molar-refractivity contribution < 1.29 is 25.2 Å². The fourth-order valence-corrected chi connectivity index (χ4v) is 1.03. The predicted molar refractivity (Wildman–Crippen MR) is 34.6 cm³/mol. The van der Waals surface area contributed by atoms with Gasteiger partial charge in [0.2, 0.25) is 0 Å². The molecule has 5 atom stereocenters. The molecule has 0 aromatic heterocycles. The molecule has 3 unspecified atom stereocenters. The molecule has 5 heteroatoms. The maximum absolute atomic E-state index is 9.09. The van der Waals surface area contributed by atoms with Gasteiger partial charge in [-0.3, -0.25) is 0 Å². The first-order valence-electron chi connectivity index (χ1n) is 3.41. The van der Waals surface area contributed by atoms with Gasteiger partial charge < -0.3 is 25.2 Å². The lowest BCUT2D eigenvalue weighted by Gasteiger charge is -2.36. The van der Waals surface area contributed by atoms with Crippen LogP contribution in [0.4, 0.5) is 0 Å². The second kappa shape index (κ2) is 3.04. The smallest absolute Gasteiger partial charge is 0.183 e. The second-order valence-electron chi connectivity index (χ2n) is 2.70. The van der Waals surface area contributed by atoms with Crippen LogP contribution in [0, 0.1) is 0 Å². The summed E-state index contributed by atoms with van der Waals surface area (Å²) in [7, 11) is 0. The molecular weight excluding hydrogens is 152 g/mol. The van der Waals surface area contributed by atoms with Crippen molar-refractivity contribution in [1.29, 1.82) is 0 Å². The van der Waals surface area contributed by atoms with Crippen LogP contribution < -0.4 is 0 Å². The minimum absolute atomic E-state index is 0.664. The Labute approximate surface area is 63.8 Å². The third-order valence-electron chi connectivity index (χ3n) is 1.83. The van der Waals surface area contributed by atoms with Gasteiger partial charge in [-0.15, -0.1) is 0 Å². The molecule has 1 fully saturated rings. The summed E-state index contributed by atoms with van der Waals surface area (Å²) in [5.74, 6) is 0. The monoisotopic (exact) mass is 164 g/mol. The summed E-state index contributed by atoms with van der Waals surface area (Å²) in [6.45, 7) is 1.50. The van der Waals surface area contributed by atoms with E-state index in [0.717, 1.165) is 0 Å². The molecule has 1 rings (SSSR count). The summed E-state index contributed by atoms with van der Waals surface area (Å²) >= 11 is 0. The summed E-state index contributed by atoms with van der Waals surface area (Å²) < 4.78 is 4.68. The number of hydrogen-bond donors (Lipinski definition) is 4. The van der Waals surface area contributed by atoms with E-state index in [0.29, 0.717) is 0 Å². The Morgan fingerprint density at radius 3 is 2.00 bits per heavy atom. The minimum atomic E-state index is -1.43. The van der Waals surface area contributed by atoms with Gasteiger partial charge in [0.1, 0.15) is 18.3 Å². The van der Waals surface area contributed by atoms with E-state index in [4.69, 9.17) is 20.4 Å². The molecule has 1 aliphatic rings. The molecule has 0 aliphatic carbocycles. The maximum atomic E-state index is 9.09. The lowest BCUT2D eigenvalue weighted by molar-refractivity contribution is -0.277. The molecule has 5 nitrogen and oxygen atoms in total. The molecular formula is C6H12O5. The molecule has 4 N–H and O–H groups in total. The van der Waals surface area contributed by atoms with E-state index in [9.17, 15) is 0 Å². The molecule has 66 valence electrons. The fraction of sp³-hybridized carbons (Fsp3) is 1.00. The van der Waals surface area contributed by atoms with E-state index in [1.165, 1.54) is 6.92 Å². The van der Waals surface area contributed by atoms with Crippen molar-refractivity contribution in [2.45, 2.75) is 37.6 Å². The van der Waals surface area contributed by atoms with Crippen LogP contribution in [-0.4, -0.2) is 51.1 Å². The topological polar surface area (TPSA) is 90.2 Å². The highest BCUT2D eigenvalue weighted by Crippen LogP contribution is 2.18. The molecule has 0 spiro atoms. The molecule has 0 radical (unpaired) electrons. The minimum Gasteiger partial charge on any atom is -0.388 e. The van der Waals surface area contributed by atoms with Crippen LogP contribution >= 0.6 is 0 Å². The predicted octanol–water partition coefficient (Wildman–Crippen LogP) is -2.19. The van der Waals surface area contributed by atoms with Gasteiger partial charge in [0.25, 0.3) is 0 Å². The van der Waals surface area contributed by atoms with Gasteiger partial charge in [0, 0.05) is 0 Å². The number of ether oxygens (including phenoxy) is 1. The SMILES string of the molecule is CC1O[C@H](O)C(O)C(O)[C@@H]1O. The molecule has 1 saturated heterocycles. The van der Waals surface area contributed by atoms with E-state index in [1.54, 1.807) is 0 Å². The molecule has 0 aromatic carbocycles. The Bertz CT molecular complexity index is 125.